The monoisotopic (exact) mass is 1390 g/mol. The van der Waals surface area contributed by atoms with Gasteiger partial charge in [-0.05, 0) is 193 Å². The Morgan fingerprint density at radius 1 is 0.235 bits per heavy atom. The highest BCUT2D eigenvalue weighted by Crippen LogP contribution is 2.13. The summed E-state index contributed by atoms with van der Waals surface area (Å²) in [6.45, 7) is 5.34. The summed E-state index contributed by atoms with van der Waals surface area (Å²) in [6.07, 6.45) is 21.3. The number of rotatable bonds is 66. The highest BCUT2D eigenvalue weighted by atomic mass is 16.2. The second kappa shape index (κ2) is 62.6. The molecule has 25 N–H and O–H groups in total. The Morgan fingerprint density at radius 3 is 0.622 bits per heavy atom. The van der Waals surface area contributed by atoms with E-state index in [1.807, 2.05) is 0 Å². The molecule has 30 nitrogen and oxygen atoms in total. The van der Waals surface area contributed by atoms with E-state index in [4.69, 9.17) is 40.1 Å². The van der Waals surface area contributed by atoms with Crippen LogP contribution in [0.4, 0.5) is 0 Å². The molecule has 0 unspecified atom stereocenters. The van der Waals surface area contributed by atoms with Gasteiger partial charge in [0.05, 0.1) is 0 Å². The second-order valence-corrected chi connectivity index (χ2v) is 25.4. The lowest BCUT2D eigenvalue weighted by atomic mass is 10.1. The fourth-order valence-corrected chi connectivity index (χ4v) is 10.7. The maximum Gasteiger partial charge on any atom is 0.242 e. The van der Waals surface area contributed by atoms with Crippen molar-refractivity contribution in [3.8, 4) is 0 Å². The van der Waals surface area contributed by atoms with Crippen molar-refractivity contribution in [1.82, 2.24) is 58.5 Å². The van der Waals surface area contributed by atoms with Gasteiger partial charge in [0.2, 0.25) is 70.9 Å². The van der Waals surface area contributed by atoms with E-state index in [1.165, 1.54) is 32.1 Å². The van der Waals surface area contributed by atoms with Crippen LogP contribution >= 0.6 is 0 Å². The SMILES string of the molecule is CCCCCCCCCCCC(=O)N[C@@H](CCCCN)C(=O)NCCCC(=O)N[C@@H](CCCCN)C(=O)NCCCC(=O)N[C@@H](CCCCN)C(=O)NCCCC(=O)N[C@@H](CCCCN)C(=O)NCCCC(=O)N[C@@H](CCCCN)C(=O)NCCCC(=O)N[C@@H](CCCCN)C(N)=O. The predicted molar refractivity (Wildman–Crippen MR) is 381 cm³/mol. The van der Waals surface area contributed by atoms with Crippen LogP contribution in [0.2, 0.25) is 0 Å². The van der Waals surface area contributed by atoms with E-state index in [1.54, 1.807) is 0 Å². The summed E-state index contributed by atoms with van der Waals surface area (Å²) in [5.74, 6) is -4.90. The number of nitrogens with two attached hydrogens (primary N) is 7. The molecule has 30 heteroatoms. The van der Waals surface area contributed by atoms with Crippen molar-refractivity contribution in [2.75, 3.05) is 72.0 Å². The lowest BCUT2D eigenvalue weighted by Crippen LogP contribution is -2.48. The quantitative estimate of drug-likeness (QED) is 0.0370. The van der Waals surface area contributed by atoms with Gasteiger partial charge in [-0.3, -0.25) is 57.5 Å². The molecule has 566 valence electrons. The van der Waals surface area contributed by atoms with Crippen LogP contribution in [0.1, 0.15) is 251 Å². The van der Waals surface area contributed by atoms with Crippen LogP contribution in [0.25, 0.3) is 0 Å². The summed E-state index contributed by atoms with van der Waals surface area (Å²) in [7, 11) is 0. The van der Waals surface area contributed by atoms with Crippen LogP contribution in [0.5, 0.6) is 0 Å². The molecule has 0 fully saturated rings. The predicted octanol–water partition coefficient (Wildman–Crippen LogP) is 0.557. The fraction of sp³-hybridized carbons (Fsp3) is 0.824. The van der Waals surface area contributed by atoms with Crippen molar-refractivity contribution in [3.05, 3.63) is 0 Å². The minimum atomic E-state index is -0.897. The first-order valence-electron chi connectivity index (χ1n) is 36.9. The van der Waals surface area contributed by atoms with Crippen LogP contribution in [0.3, 0.4) is 0 Å². The van der Waals surface area contributed by atoms with Crippen molar-refractivity contribution >= 4 is 70.9 Å². The highest BCUT2D eigenvalue weighted by molar-refractivity contribution is 5.91. The molecular formula is C68H132N18O12. The largest absolute Gasteiger partial charge is 0.368 e. The molecule has 98 heavy (non-hydrogen) atoms. The Kier molecular flexibility index (Phi) is 58.4. The Morgan fingerprint density at radius 2 is 0.418 bits per heavy atom. The summed E-state index contributed by atoms with van der Waals surface area (Å²) < 4.78 is 0. The van der Waals surface area contributed by atoms with Gasteiger partial charge in [0.1, 0.15) is 36.3 Å². The van der Waals surface area contributed by atoms with Crippen molar-refractivity contribution < 1.29 is 57.5 Å². The van der Waals surface area contributed by atoms with Crippen LogP contribution in [-0.2, 0) is 57.5 Å². The molecule has 6 atom stereocenters. The van der Waals surface area contributed by atoms with Crippen LogP contribution in [-0.4, -0.2) is 179 Å². The van der Waals surface area contributed by atoms with E-state index < -0.39 is 83.5 Å². The summed E-state index contributed by atoms with van der Waals surface area (Å²) in [6, 6.07) is -5.04. The van der Waals surface area contributed by atoms with Gasteiger partial charge in [-0.1, -0.05) is 58.3 Å². The van der Waals surface area contributed by atoms with Gasteiger partial charge < -0.3 is 98.6 Å². The maximum absolute atomic E-state index is 13.4. The van der Waals surface area contributed by atoms with E-state index in [-0.39, 0.29) is 114 Å². The summed E-state index contributed by atoms with van der Waals surface area (Å²) >= 11 is 0. The molecule has 0 aromatic carbocycles. The molecule has 0 aromatic rings. The molecule has 0 aliphatic heterocycles. The van der Waals surface area contributed by atoms with E-state index in [9.17, 15) is 57.5 Å². The van der Waals surface area contributed by atoms with Gasteiger partial charge in [-0.25, -0.2) is 0 Å². The van der Waals surface area contributed by atoms with E-state index in [0.717, 1.165) is 25.7 Å². The normalized spacial score (nSPS) is 12.9. The molecule has 0 saturated heterocycles. The Labute approximate surface area is 584 Å². The summed E-state index contributed by atoms with van der Waals surface area (Å²) in [4.78, 5) is 156. The zero-order valence-electron chi connectivity index (χ0n) is 59.6. The lowest BCUT2D eigenvalue weighted by molar-refractivity contribution is -0.130. The molecule has 0 aliphatic rings. The van der Waals surface area contributed by atoms with E-state index in [2.05, 4.69) is 65.4 Å². The maximum atomic E-state index is 13.4. The molecule has 0 heterocycles. The first-order chi connectivity index (χ1) is 47.3. The molecule has 0 aliphatic carbocycles. The van der Waals surface area contributed by atoms with Crippen molar-refractivity contribution in [2.24, 2.45) is 40.1 Å². The van der Waals surface area contributed by atoms with Crippen LogP contribution in [0, 0.1) is 0 Å². The van der Waals surface area contributed by atoms with Crippen molar-refractivity contribution in [1.29, 1.82) is 0 Å². The number of carbonyl (C=O) groups is 12. The highest BCUT2D eigenvalue weighted by Gasteiger charge is 2.26. The van der Waals surface area contributed by atoms with Gasteiger partial charge in [-0.15, -0.1) is 0 Å². The standard InChI is InChI=1S/C68H132N18O12/c1-2-3-4-5-6-7-8-9-10-34-57(87)82-52(29-12-18-41-70)64(94)77-47-24-36-59(89)84-54(31-14-20-43-72)66(96)79-49-26-38-61(91)86-56(33-16-22-45-74)68(98)80-50-27-39-62(92)85-55(32-15-21-44-73)67(97)78-48-25-37-60(90)83-53(30-13-19-42-71)65(95)76-46-23-35-58(88)81-51(63(75)93)28-11-17-40-69/h51-56H,2-50,69-74H2,1H3,(H2,75,93)(H,76,95)(H,77,94)(H,78,97)(H,79,96)(H,80,98)(H,81,88)(H,82,87)(H,83,90)(H,84,89)(H,85,92)(H,86,91)/t51-,52-,53-,54-,55-,56-/m0/s1. The lowest BCUT2D eigenvalue weighted by Gasteiger charge is -2.20. The van der Waals surface area contributed by atoms with Crippen molar-refractivity contribution in [3.63, 3.8) is 0 Å². The molecule has 0 saturated carbocycles. The third-order valence-electron chi connectivity index (χ3n) is 16.5. The zero-order valence-corrected chi connectivity index (χ0v) is 59.6. The van der Waals surface area contributed by atoms with Crippen molar-refractivity contribution in [2.45, 2.75) is 287 Å². The van der Waals surface area contributed by atoms with Gasteiger partial charge in [0, 0.05) is 71.2 Å². The number of nitrogens with one attached hydrogen (secondary N) is 11. The number of hydrogen-bond donors (Lipinski definition) is 18. The average Bonchev–Trinajstić information content (AvgIpc) is 1.40. The number of primary amides is 1. The fourth-order valence-electron chi connectivity index (χ4n) is 10.7. The van der Waals surface area contributed by atoms with Gasteiger partial charge in [-0.2, -0.15) is 0 Å². The molecule has 0 spiro atoms. The molecule has 0 aromatic heterocycles. The van der Waals surface area contributed by atoms with E-state index >= 15 is 0 Å². The number of amides is 12. The number of unbranched alkanes of at least 4 members (excludes halogenated alkanes) is 14. The van der Waals surface area contributed by atoms with Gasteiger partial charge in [0.15, 0.2) is 0 Å². The third-order valence-corrected chi connectivity index (χ3v) is 16.5. The minimum Gasteiger partial charge on any atom is -0.368 e. The van der Waals surface area contributed by atoms with Crippen LogP contribution in [0.15, 0.2) is 0 Å². The molecule has 0 rings (SSSR count). The topological polar surface area (TPSA) is 519 Å². The number of hydrogen-bond acceptors (Lipinski definition) is 18. The molecule has 12 amide bonds. The zero-order chi connectivity index (χ0) is 72.8. The average molecular weight is 1390 g/mol. The molecule has 0 radical (unpaired) electrons. The van der Waals surface area contributed by atoms with Gasteiger partial charge >= 0.3 is 0 Å². The first kappa shape index (κ1) is 91.4. The Balaban J connectivity index is 5.18. The molecular weight excluding hydrogens is 1260 g/mol. The Hall–Kier alpha value is -6.60. The first-order valence-corrected chi connectivity index (χ1v) is 36.9. The van der Waals surface area contributed by atoms with Gasteiger partial charge in [0.25, 0.3) is 0 Å². The minimum absolute atomic E-state index is 0.0156. The number of carbonyl (C=O) groups excluding carboxylic acids is 12. The van der Waals surface area contributed by atoms with Crippen LogP contribution < -0.4 is 98.6 Å². The second-order valence-electron chi connectivity index (χ2n) is 25.4. The summed E-state index contributed by atoms with van der Waals surface area (Å²) in [5, 5.41) is 30.7. The third kappa shape index (κ3) is 50.7. The smallest absolute Gasteiger partial charge is 0.242 e. The Bertz CT molecular complexity index is 2240. The summed E-state index contributed by atoms with van der Waals surface area (Å²) in [5.41, 5.74) is 39.5. The molecule has 0 bridgehead atoms. The van der Waals surface area contributed by atoms with E-state index in [0.29, 0.717) is 168 Å².